The molecular weight excluding hydrogens is 239 g/mol. The molecule has 1 aromatic carbocycles. The Morgan fingerprint density at radius 1 is 1.41 bits per heavy atom. The Hall–Kier alpha value is -1.27. The van der Waals surface area contributed by atoms with Crippen LogP contribution in [0.25, 0.3) is 0 Å². The summed E-state index contributed by atoms with van der Waals surface area (Å²) in [5, 5.41) is 8.60. The maximum absolute atomic E-state index is 13.0. The van der Waals surface area contributed by atoms with Gasteiger partial charge in [-0.25, -0.2) is 4.39 Å². The number of rotatable bonds is 6. The van der Waals surface area contributed by atoms with Gasteiger partial charge in [0, 0.05) is 25.2 Å². The molecule has 0 heterocycles. The number of benzene rings is 1. The molecule has 0 aliphatic rings. The Labute approximate surface area is 107 Å². The zero-order chi connectivity index (χ0) is 12.7. The van der Waals surface area contributed by atoms with Crippen LogP contribution in [0.3, 0.4) is 0 Å². The SMILES string of the molecule is CCN(CCCCC#N)c1ccc(F)c(Cl)c1. The minimum Gasteiger partial charge on any atom is -0.372 e. The van der Waals surface area contributed by atoms with Crippen LogP contribution in [0.15, 0.2) is 18.2 Å². The number of hydrogen-bond donors (Lipinski definition) is 0. The molecule has 0 amide bonds. The van der Waals surface area contributed by atoms with Crippen molar-refractivity contribution in [3.05, 3.63) is 29.0 Å². The van der Waals surface area contributed by atoms with Crippen LogP contribution < -0.4 is 4.90 Å². The van der Waals surface area contributed by atoms with Crippen LogP contribution in [0, 0.1) is 17.1 Å². The minimum atomic E-state index is -0.393. The summed E-state index contributed by atoms with van der Waals surface area (Å²) in [6.07, 6.45) is 2.43. The van der Waals surface area contributed by atoms with Crippen LogP contribution in [0.5, 0.6) is 0 Å². The van der Waals surface area contributed by atoms with Gasteiger partial charge in [-0.15, -0.1) is 0 Å². The first-order valence-electron chi connectivity index (χ1n) is 5.76. The molecule has 0 aliphatic heterocycles. The van der Waals surface area contributed by atoms with Crippen LogP contribution >= 0.6 is 11.6 Å². The zero-order valence-corrected chi connectivity index (χ0v) is 10.7. The Bertz CT molecular complexity index is 401. The van der Waals surface area contributed by atoms with E-state index in [4.69, 9.17) is 16.9 Å². The van der Waals surface area contributed by atoms with Crippen LogP contribution in [0.1, 0.15) is 26.2 Å². The van der Waals surface area contributed by atoms with Crippen molar-refractivity contribution in [2.75, 3.05) is 18.0 Å². The predicted octanol–water partition coefficient (Wildman–Crippen LogP) is 4.00. The molecule has 0 unspecified atom stereocenters. The van der Waals surface area contributed by atoms with Crippen LogP contribution in [-0.2, 0) is 0 Å². The molecule has 0 saturated heterocycles. The van der Waals surface area contributed by atoms with E-state index in [-0.39, 0.29) is 5.02 Å². The second-order valence-electron chi connectivity index (χ2n) is 3.79. The van der Waals surface area contributed by atoms with Gasteiger partial charge < -0.3 is 4.90 Å². The van der Waals surface area contributed by atoms with E-state index >= 15 is 0 Å². The number of nitrogens with zero attached hydrogens (tertiary/aromatic N) is 2. The summed E-state index contributed by atoms with van der Waals surface area (Å²) in [5.41, 5.74) is 0.927. The third-order valence-corrected chi connectivity index (χ3v) is 2.91. The average molecular weight is 255 g/mol. The first kappa shape index (κ1) is 13.8. The highest BCUT2D eigenvalue weighted by Gasteiger charge is 2.07. The van der Waals surface area contributed by atoms with Gasteiger partial charge in [0.05, 0.1) is 11.1 Å². The van der Waals surface area contributed by atoms with Crippen molar-refractivity contribution < 1.29 is 4.39 Å². The summed E-state index contributed by atoms with van der Waals surface area (Å²) in [6, 6.07) is 6.89. The fourth-order valence-corrected chi connectivity index (χ4v) is 1.83. The van der Waals surface area contributed by atoms with Crippen molar-refractivity contribution >= 4 is 17.3 Å². The van der Waals surface area contributed by atoms with Gasteiger partial charge in [-0.1, -0.05) is 11.6 Å². The average Bonchev–Trinajstić information content (AvgIpc) is 2.33. The molecule has 0 fully saturated rings. The third kappa shape index (κ3) is 4.24. The van der Waals surface area contributed by atoms with Gasteiger partial charge in [0.15, 0.2) is 0 Å². The Kier molecular flexibility index (Phi) is 5.79. The second-order valence-corrected chi connectivity index (χ2v) is 4.20. The van der Waals surface area contributed by atoms with Gasteiger partial charge >= 0.3 is 0 Å². The molecule has 0 saturated carbocycles. The van der Waals surface area contributed by atoms with Gasteiger partial charge in [0.2, 0.25) is 0 Å². The highest BCUT2D eigenvalue weighted by Crippen LogP contribution is 2.22. The zero-order valence-electron chi connectivity index (χ0n) is 9.92. The molecule has 92 valence electrons. The van der Waals surface area contributed by atoms with Crippen LogP contribution in [0.4, 0.5) is 10.1 Å². The van der Waals surface area contributed by atoms with E-state index in [1.54, 1.807) is 12.1 Å². The first-order chi connectivity index (χ1) is 8.19. The van der Waals surface area contributed by atoms with Crippen molar-refractivity contribution in [1.29, 1.82) is 5.26 Å². The fraction of sp³-hybridized carbons (Fsp3) is 0.462. The Morgan fingerprint density at radius 2 is 2.18 bits per heavy atom. The lowest BCUT2D eigenvalue weighted by Crippen LogP contribution is -2.23. The topological polar surface area (TPSA) is 27.0 Å². The van der Waals surface area contributed by atoms with Gasteiger partial charge in [-0.3, -0.25) is 0 Å². The molecule has 1 rings (SSSR count). The summed E-state index contributed by atoms with van der Waals surface area (Å²) in [4.78, 5) is 2.13. The number of anilines is 1. The van der Waals surface area contributed by atoms with E-state index in [0.717, 1.165) is 31.6 Å². The van der Waals surface area contributed by atoms with Gasteiger partial charge in [0.1, 0.15) is 5.82 Å². The lowest BCUT2D eigenvalue weighted by molar-refractivity contribution is 0.627. The van der Waals surface area contributed by atoms with E-state index in [2.05, 4.69) is 11.0 Å². The van der Waals surface area contributed by atoms with E-state index in [1.165, 1.54) is 6.07 Å². The highest BCUT2D eigenvalue weighted by atomic mass is 35.5. The maximum atomic E-state index is 13.0. The summed E-state index contributed by atoms with van der Waals surface area (Å²) >= 11 is 5.75. The second kappa shape index (κ2) is 7.13. The number of unbranched alkanes of at least 4 members (excludes halogenated alkanes) is 2. The number of halogens is 2. The number of nitriles is 1. The maximum Gasteiger partial charge on any atom is 0.141 e. The molecule has 1 aromatic rings. The highest BCUT2D eigenvalue weighted by molar-refractivity contribution is 6.31. The summed E-state index contributed by atoms with van der Waals surface area (Å²) in [5.74, 6) is -0.393. The molecule has 4 heteroatoms. The van der Waals surface area contributed by atoms with Crippen molar-refractivity contribution in [2.24, 2.45) is 0 Å². The summed E-state index contributed by atoms with van der Waals surface area (Å²) in [7, 11) is 0. The molecule has 0 N–H and O–H groups in total. The van der Waals surface area contributed by atoms with Gasteiger partial charge in [-0.2, -0.15) is 5.26 Å². The molecule has 0 aromatic heterocycles. The van der Waals surface area contributed by atoms with Crippen LogP contribution in [-0.4, -0.2) is 13.1 Å². The lowest BCUT2D eigenvalue weighted by atomic mass is 10.2. The van der Waals surface area contributed by atoms with Crippen molar-refractivity contribution in [1.82, 2.24) is 0 Å². The number of hydrogen-bond acceptors (Lipinski definition) is 2. The van der Waals surface area contributed by atoms with E-state index < -0.39 is 5.82 Å². The molecule has 17 heavy (non-hydrogen) atoms. The predicted molar refractivity (Wildman–Crippen MR) is 68.8 cm³/mol. The van der Waals surface area contributed by atoms with E-state index in [1.807, 2.05) is 6.92 Å². The molecule has 0 atom stereocenters. The molecule has 0 radical (unpaired) electrons. The minimum absolute atomic E-state index is 0.151. The van der Waals surface area contributed by atoms with Gasteiger partial charge in [-0.05, 0) is 38.0 Å². The Balaban J connectivity index is 2.60. The van der Waals surface area contributed by atoms with Crippen molar-refractivity contribution in [2.45, 2.75) is 26.2 Å². The summed E-state index contributed by atoms with van der Waals surface area (Å²) in [6.45, 7) is 3.75. The van der Waals surface area contributed by atoms with E-state index in [0.29, 0.717) is 6.42 Å². The molecule has 2 nitrogen and oxygen atoms in total. The van der Waals surface area contributed by atoms with Crippen molar-refractivity contribution in [3.63, 3.8) is 0 Å². The largest absolute Gasteiger partial charge is 0.372 e. The molecule has 0 aliphatic carbocycles. The quantitative estimate of drug-likeness (QED) is 0.718. The molecule has 0 spiro atoms. The normalized spacial score (nSPS) is 10.0. The van der Waals surface area contributed by atoms with Crippen molar-refractivity contribution in [3.8, 4) is 6.07 Å². The smallest absolute Gasteiger partial charge is 0.141 e. The fourth-order valence-electron chi connectivity index (χ4n) is 1.66. The van der Waals surface area contributed by atoms with Crippen LogP contribution in [0.2, 0.25) is 5.02 Å². The van der Waals surface area contributed by atoms with Gasteiger partial charge in [0.25, 0.3) is 0 Å². The lowest BCUT2D eigenvalue weighted by Gasteiger charge is -2.23. The standard InChI is InChI=1S/C13H16ClFN2/c1-2-17(9-5-3-4-8-16)11-6-7-13(15)12(14)10-11/h6-7,10H,2-5,9H2,1H3. The molecule has 0 bridgehead atoms. The Morgan fingerprint density at radius 3 is 2.76 bits per heavy atom. The third-order valence-electron chi connectivity index (χ3n) is 2.62. The molecular formula is C13H16ClFN2. The van der Waals surface area contributed by atoms with E-state index in [9.17, 15) is 4.39 Å². The summed E-state index contributed by atoms with van der Waals surface area (Å²) < 4.78 is 13.0. The monoisotopic (exact) mass is 254 g/mol. The first-order valence-corrected chi connectivity index (χ1v) is 6.13.